The van der Waals surface area contributed by atoms with Crippen molar-refractivity contribution in [2.45, 2.75) is 105 Å². The number of rotatable bonds is 5. The van der Waals surface area contributed by atoms with E-state index in [4.69, 9.17) is 0 Å². The molecule has 4 aliphatic carbocycles. The summed E-state index contributed by atoms with van der Waals surface area (Å²) >= 11 is 0. The van der Waals surface area contributed by atoms with E-state index in [9.17, 15) is 9.90 Å². The zero-order valence-electron chi connectivity index (χ0n) is 20.4. The van der Waals surface area contributed by atoms with Gasteiger partial charge in [-0.2, -0.15) is 0 Å². The summed E-state index contributed by atoms with van der Waals surface area (Å²) in [6.07, 6.45) is 12.1. The zero-order chi connectivity index (χ0) is 21.8. The van der Waals surface area contributed by atoms with Crippen molar-refractivity contribution >= 4 is 5.78 Å². The normalized spacial score (nSPS) is 45.4. The number of aliphatic hydroxyl groups excluding tert-OH is 1. The smallest absolute Gasteiger partial charge is 0.155 e. The number of aliphatic hydroxyl groups is 1. The quantitative estimate of drug-likeness (QED) is 0.536. The van der Waals surface area contributed by atoms with Gasteiger partial charge in [-0.3, -0.25) is 4.79 Å². The van der Waals surface area contributed by atoms with Crippen molar-refractivity contribution in [1.82, 2.24) is 0 Å². The lowest BCUT2D eigenvalue weighted by atomic mass is 9.46. The van der Waals surface area contributed by atoms with Crippen LogP contribution >= 0.6 is 0 Å². The van der Waals surface area contributed by atoms with E-state index in [1.807, 2.05) is 6.08 Å². The second-order valence-corrected chi connectivity index (χ2v) is 12.6. The first-order chi connectivity index (χ1) is 14.1. The third-order valence-corrected chi connectivity index (χ3v) is 11.0. The van der Waals surface area contributed by atoms with Crippen molar-refractivity contribution in [3.63, 3.8) is 0 Å². The first-order valence-electron chi connectivity index (χ1n) is 13.0. The molecule has 0 spiro atoms. The molecule has 3 saturated carbocycles. The number of carbonyl (C=O) groups is 1. The molecule has 9 atom stereocenters. The minimum Gasteiger partial charge on any atom is -0.389 e. The Kier molecular flexibility index (Phi) is 6.06. The molecule has 0 aromatic carbocycles. The van der Waals surface area contributed by atoms with E-state index in [1.54, 1.807) is 0 Å². The minimum absolute atomic E-state index is 0.0496. The van der Waals surface area contributed by atoms with Crippen LogP contribution < -0.4 is 0 Å². The monoisotopic (exact) mass is 414 g/mol. The molecule has 2 nitrogen and oxygen atoms in total. The Hall–Kier alpha value is -0.630. The average Bonchev–Trinajstić information content (AvgIpc) is 3.04. The van der Waals surface area contributed by atoms with Crippen molar-refractivity contribution in [3.05, 3.63) is 11.6 Å². The predicted octanol–water partition coefficient (Wildman–Crippen LogP) is 6.81. The molecule has 30 heavy (non-hydrogen) atoms. The Labute approximate surface area is 185 Å². The molecule has 0 aromatic heterocycles. The molecule has 0 saturated heterocycles. The van der Waals surface area contributed by atoms with Gasteiger partial charge in [-0.25, -0.2) is 0 Å². The Bertz CT molecular complexity index is 693. The summed E-state index contributed by atoms with van der Waals surface area (Å²) in [4.78, 5) is 12.1. The van der Waals surface area contributed by atoms with Crippen LogP contribution in [0.2, 0.25) is 0 Å². The Morgan fingerprint density at radius 1 is 1.03 bits per heavy atom. The van der Waals surface area contributed by atoms with Crippen LogP contribution in [0.4, 0.5) is 0 Å². The summed E-state index contributed by atoms with van der Waals surface area (Å²) in [7, 11) is 0. The molecule has 3 fully saturated rings. The van der Waals surface area contributed by atoms with Gasteiger partial charge >= 0.3 is 0 Å². The average molecular weight is 415 g/mol. The highest BCUT2D eigenvalue weighted by atomic mass is 16.3. The van der Waals surface area contributed by atoms with Crippen molar-refractivity contribution in [2.24, 2.45) is 52.3 Å². The van der Waals surface area contributed by atoms with Gasteiger partial charge < -0.3 is 5.11 Å². The summed E-state index contributed by atoms with van der Waals surface area (Å²) < 4.78 is 0. The fourth-order valence-electron chi connectivity index (χ4n) is 8.64. The van der Waals surface area contributed by atoms with Crippen LogP contribution in [-0.2, 0) is 4.79 Å². The van der Waals surface area contributed by atoms with Crippen molar-refractivity contribution in [2.75, 3.05) is 0 Å². The van der Waals surface area contributed by atoms with E-state index in [0.717, 1.165) is 48.0 Å². The number of hydrogen-bond donors (Lipinski definition) is 1. The lowest BCUT2D eigenvalue weighted by Gasteiger charge is -2.59. The maximum atomic E-state index is 12.1. The van der Waals surface area contributed by atoms with Crippen molar-refractivity contribution in [1.29, 1.82) is 0 Å². The fraction of sp³-hybridized carbons (Fsp3) is 0.893. The van der Waals surface area contributed by atoms with Crippen LogP contribution in [0.5, 0.6) is 0 Å². The van der Waals surface area contributed by atoms with E-state index >= 15 is 0 Å². The van der Waals surface area contributed by atoms with Gasteiger partial charge in [0.2, 0.25) is 0 Å². The van der Waals surface area contributed by atoms with E-state index < -0.39 is 6.10 Å². The largest absolute Gasteiger partial charge is 0.389 e. The van der Waals surface area contributed by atoms with E-state index in [2.05, 4.69) is 41.5 Å². The second kappa shape index (κ2) is 8.05. The number of hydrogen-bond acceptors (Lipinski definition) is 2. The molecular weight excluding hydrogens is 368 g/mol. The Morgan fingerprint density at radius 2 is 1.77 bits per heavy atom. The summed E-state index contributed by atoms with van der Waals surface area (Å²) in [6.45, 7) is 14.7. The van der Waals surface area contributed by atoms with Crippen LogP contribution in [0.1, 0.15) is 99.3 Å². The minimum atomic E-state index is -0.397. The molecule has 9 unspecified atom stereocenters. The highest BCUT2D eigenvalue weighted by molar-refractivity contribution is 5.91. The Morgan fingerprint density at radius 3 is 2.47 bits per heavy atom. The lowest BCUT2D eigenvalue weighted by molar-refractivity contribution is -0.119. The van der Waals surface area contributed by atoms with Gasteiger partial charge in [0.05, 0.1) is 6.10 Å². The van der Waals surface area contributed by atoms with Crippen LogP contribution in [0.3, 0.4) is 0 Å². The van der Waals surface area contributed by atoms with E-state index in [0.29, 0.717) is 23.7 Å². The maximum absolute atomic E-state index is 12.1. The van der Waals surface area contributed by atoms with Gasteiger partial charge in [-0.15, -0.1) is 0 Å². The SMILES string of the molecule is CC(C)C(C)CCC(C)C1CCC2C3CC(O)C4=CC(=O)CCC4(C)C3CCC12C. The first kappa shape index (κ1) is 22.6. The van der Waals surface area contributed by atoms with E-state index in [-0.39, 0.29) is 11.2 Å². The number of carbonyl (C=O) groups excluding carboxylic acids is 1. The summed E-state index contributed by atoms with van der Waals surface area (Å²) in [5.74, 6) is 5.55. The van der Waals surface area contributed by atoms with Crippen LogP contribution in [0.15, 0.2) is 11.6 Å². The molecule has 0 radical (unpaired) electrons. The number of fused-ring (bicyclic) bond motifs is 5. The topological polar surface area (TPSA) is 37.3 Å². The number of ketones is 1. The molecule has 0 aromatic rings. The van der Waals surface area contributed by atoms with Gasteiger partial charge in [0.25, 0.3) is 0 Å². The standard InChI is InChI=1S/C28H46O2/c1-17(2)18(3)7-8-19(4)22-9-10-23-21-16-26(30)25-15-20(29)11-13-28(25,6)24(21)12-14-27(22,23)5/h15,17-19,21-24,26,30H,7-14,16H2,1-6H3. The third kappa shape index (κ3) is 3.54. The van der Waals surface area contributed by atoms with Gasteiger partial charge in [0.15, 0.2) is 5.78 Å². The van der Waals surface area contributed by atoms with Gasteiger partial charge in [-0.05, 0) is 102 Å². The third-order valence-electron chi connectivity index (χ3n) is 11.0. The molecule has 0 amide bonds. The fourth-order valence-corrected chi connectivity index (χ4v) is 8.64. The van der Waals surface area contributed by atoms with Crippen LogP contribution in [-0.4, -0.2) is 17.0 Å². The van der Waals surface area contributed by atoms with Gasteiger partial charge in [-0.1, -0.05) is 54.4 Å². The molecule has 1 N–H and O–H groups in total. The molecule has 0 bridgehead atoms. The zero-order valence-corrected chi connectivity index (χ0v) is 20.4. The highest BCUT2D eigenvalue weighted by Crippen LogP contribution is 2.67. The van der Waals surface area contributed by atoms with Gasteiger partial charge in [0, 0.05) is 6.42 Å². The van der Waals surface area contributed by atoms with Crippen molar-refractivity contribution < 1.29 is 9.90 Å². The summed E-state index contributed by atoms with van der Waals surface area (Å²) in [6, 6.07) is 0. The molecular formula is C28H46O2. The molecule has 0 aliphatic heterocycles. The molecule has 2 heteroatoms. The van der Waals surface area contributed by atoms with Gasteiger partial charge in [0.1, 0.15) is 0 Å². The summed E-state index contributed by atoms with van der Waals surface area (Å²) in [5.41, 5.74) is 1.58. The summed E-state index contributed by atoms with van der Waals surface area (Å²) in [5, 5.41) is 11.1. The second-order valence-electron chi connectivity index (χ2n) is 12.6. The first-order valence-corrected chi connectivity index (χ1v) is 13.0. The molecule has 170 valence electrons. The molecule has 4 rings (SSSR count). The van der Waals surface area contributed by atoms with Crippen molar-refractivity contribution in [3.8, 4) is 0 Å². The highest BCUT2D eigenvalue weighted by Gasteiger charge is 2.60. The van der Waals surface area contributed by atoms with Crippen LogP contribution in [0, 0.1) is 52.3 Å². The maximum Gasteiger partial charge on any atom is 0.155 e. The van der Waals surface area contributed by atoms with E-state index in [1.165, 1.54) is 38.5 Å². The van der Waals surface area contributed by atoms with Crippen LogP contribution in [0.25, 0.3) is 0 Å². The Balaban J connectivity index is 1.52. The molecule has 0 heterocycles. The lowest BCUT2D eigenvalue weighted by Crippen LogP contribution is -2.54. The molecule has 4 aliphatic rings. The predicted molar refractivity (Wildman–Crippen MR) is 124 cm³/mol.